The van der Waals surface area contributed by atoms with Crippen LogP contribution in [0.25, 0.3) is 0 Å². The third-order valence-electron chi connectivity index (χ3n) is 6.16. The number of thioether (sulfide) groups is 1. The molecule has 31 heavy (non-hydrogen) atoms. The van der Waals surface area contributed by atoms with Gasteiger partial charge in [0.05, 0.1) is 36.1 Å². The number of ether oxygens (including phenoxy) is 4. The predicted octanol–water partition coefficient (Wildman–Crippen LogP) is 4.36. The normalized spacial score (nSPS) is 20.7. The second-order valence-corrected chi connectivity index (χ2v) is 9.32. The van der Waals surface area contributed by atoms with Crippen molar-refractivity contribution in [1.29, 1.82) is 0 Å². The molecule has 1 atom stereocenters. The van der Waals surface area contributed by atoms with Crippen molar-refractivity contribution in [3.8, 4) is 23.0 Å². The standard InChI is InChI=1S/C22H27N3O5S/c1-12-23-21-16(22(26)24-25(21)13-7-5-4-6-8-13)20(31-12)14-11-15(27-2)18-19(17(14)28-3)30-10-9-29-18/h11,13,20H,4-10H2,1-3H3,(H,24,26). The first-order chi connectivity index (χ1) is 15.1. The van der Waals surface area contributed by atoms with Crippen LogP contribution in [-0.2, 0) is 0 Å². The summed E-state index contributed by atoms with van der Waals surface area (Å²) in [7, 11) is 3.21. The molecule has 1 saturated carbocycles. The topological polar surface area (TPSA) is 87.1 Å². The highest BCUT2D eigenvalue weighted by Gasteiger charge is 2.37. The number of rotatable bonds is 4. The lowest BCUT2D eigenvalue weighted by molar-refractivity contribution is 0.158. The number of hydrogen-bond acceptors (Lipinski definition) is 7. The van der Waals surface area contributed by atoms with Crippen molar-refractivity contribution in [3.05, 3.63) is 27.5 Å². The van der Waals surface area contributed by atoms with Crippen LogP contribution in [0.15, 0.2) is 15.9 Å². The summed E-state index contributed by atoms with van der Waals surface area (Å²) >= 11 is 1.54. The summed E-state index contributed by atoms with van der Waals surface area (Å²) in [6, 6.07) is 2.17. The van der Waals surface area contributed by atoms with Crippen LogP contribution >= 0.6 is 11.8 Å². The number of aromatic amines is 1. The fourth-order valence-electron chi connectivity index (χ4n) is 4.76. The molecule has 0 amide bonds. The van der Waals surface area contributed by atoms with E-state index in [-0.39, 0.29) is 16.9 Å². The molecule has 3 aliphatic rings. The minimum Gasteiger partial charge on any atom is -0.493 e. The molecule has 166 valence electrons. The maximum Gasteiger partial charge on any atom is 0.271 e. The molecule has 0 saturated heterocycles. The molecular weight excluding hydrogens is 418 g/mol. The molecule has 1 unspecified atom stereocenters. The van der Waals surface area contributed by atoms with Crippen molar-refractivity contribution >= 4 is 22.6 Å². The maximum absolute atomic E-state index is 13.2. The fourth-order valence-corrected chi connectivity index (χ4v) is 5.87. The molecule has 1 N–H and O–H groups in total. The molecule has 8 nitrogen and oxygen atoms in total. The molecule has 2 aromatic rings. The van der Waals surface area contributed by atoms with Crippen molar-refractivity contribution in [2.24, 2.45) is 4.99 Å². The monoisotopic (exact) mass is 445 g/mol. The Morgan fingerprint density at radius 2 is 1.87 bits per heavy atom. The van der Waals surface area contributed by atoms with E-state index < -0.39 is 0 Å². The lowest BCUT2D eigenvalue weighted by Crippen LogP contribution is -2.19. The van der Waals surface area contributed by atoms with Gasteiger partial charge in [0, 0.05) is 5.56 Å². The van der Waals surface area contributed by atoms with E-state index >= 15 is 0 Å². The van der Waals surface area contributed by atoms with E-state index in [9.17, 15) is 4.79 Å². The molecular formula is C22H27N3O5S. The van der Waals surface area contributed by atoms with Gasteiger partial charge in [0.1, 0.15) is 13.2 Å². The predicted molar refractivity (Wildman–Crippen MR) is 120 cm³/mol. The van der Waals surface area contributed by atoms with E-state index in [4.69, 9.17) is 23.9 Å². The van der Waals surface area contributed by atoms with Gasteiger partial charge in [0.25, 0.3) is 5.56 Å². The molecule has 1 fully saturated rings. The Labute approximate surface area is 184 Å². The third-order valence-corrected chi connectivity index (χ3v) is 7.31. The molecule has 0 bridgehead atoms. The zero-order valence-corrected chi connectivity index (χ0v) is 18.8. The number of benzene rings is 1. The van der Waals surface area contributed by atoms with E-state index in [0.29, 0.717) is 41.8 Å². The molecule has 2 aliphatic heterocycles. The second kappa shape index (κ2) is 8.18. The van der Waals surface area contributed by atoms with Crippen molar-refractivity contribution in [2.45, 2.75) is 50.3 Å². The van der Waals surface area contributed by atoms with E-state index in [1.54, 1.807) is 26.0 Å². The van der Waals surface area contributed by atoms with Crippen LogP contribution in [0.3, 0.4) is 0 Å². The molecule has 0 radical (unpaired) electrons. The summed E-state index contributed by atoms with van der Waals surface area (Å²) in [6.45, 7) is 2.85. The third kappa shape index (κ3) is 3.39. The van der Waals surface area contributed by atoms with Crippen LogP contribution in [0.4, 0.5) is 5.82 Å². The Hall–Kier alpha value is -2.55. The number of nitrogens with zero attached hydrogens (tertiary/aromatic N) is 2. The van der Waals surface area contributed by atoms with E-state index in [2.05, 4.69) is 5.10 Å². The molecule has 1 aromatic carbocycles. The van der Waals surface area contributed by atoms with E-state index in [1.165, 1.54) is 19.3 Å². The van der Waals surface area contributed by atoms with Crippen LogP contribution in [0.1, 0.15) is 61.4 Å². The van der Waals surface area contributed by atoms with Crippen LogP contribution in [0, 0.1) is 0 Å². The van der Waals surface area contributed by atoms with Gasteiger partial charge in [-0.05, 0) is 25.8 Å². The Morgan fingerprint density at radius 1 is 1.13 bits per heavy atom. The van der Waals surface area contributed by atoms with Gasteiger partial charge in [0.15, 0.2) is 17.3 Å². The lowest BCUT2D eigenvalue weighted by atomic mass is 9.95. The minimum absolute atomic E-state index is 0.106. The van der Waals surface area contributed by atoms with Gasteiger partial charge in [0.2, 0.25) is 11.5 Å². The number of H-pyrrole nitrogens is 1. The summed E-state index contributed by atoms with van der Waals surface area (Å²) in [5, 5.41) is 3.70. The summed E-state index contributed by atoms with van der Waals surface area (Å²) in [4.78, 5) is 18.0. The average molecular weight is 446 g/mol. The quantitative estimate of drug-likeness (QED) is 0.753. The number of aliphatic imine (C=N–C) groups is 1. The van der Waals surface area contributed by atoms with E-state index in [0.717, 1.165) is 29.3 Å². The number of fused-ring (bicyclic) bond motifs is 2. The van der Waals surface area contributed by atoms with E-state index in [1.807, 2.05) is 17.7 Å². The van der Waals surface area contributed by atoms with Crippen LogP contribution in [-0.4, -0.2) is 42.3 Å². The number of aromatic nitrogens is 2. The van der Waals surface area contributed by atoms with Crippen molar-refractivity contribution in [3.63, 3.8) is 0 Å². The molecule has 5 rings (SSSR count). The zero-order valence-electron chi connectivity index (χ0n) is 18.0. The van der Waals surface area contributed by atoms with Gasteiger partial charge in [-0.25, -0.2) is 4.99 Å². The molecule has 1 aliphatic carbocycles. The number of methoxy groups -OCH3 is 2. The SMILES string of the molecule is COc1cc(C2SC(C)=Nc3c2c(=O)[nH]n3C2CCCCC2)c(OC)c2c1OCCO2. The highest BCUT2D eigenvalue weighted by Crippen LogP contribution is 2.55. The smallest absolute Gasteiger partial charge is 0.271 e. The summed E-state index contributed by atoms with van der Waals surface area (Å²) in [6.07, 6.45) is 5.72. The first kappa shape index (κ1) is 20.4. The van der Waals surface area contributed by atoms with Crippen LogP contribution in [0.5, 0.6) is 23.0 Å². The van der Waals surface area contributed by atoms with Gasteiger partial charge in [-0.1, -0.05) is 31.0 Å². The number of nitrogens with one attached hydrogen (secondary N) is 1. The Morgan fingerprint density at radius 3 is 2.58 bits per heavy atom. The van der Waals surface area contributed by atoms with Gasteiger partial charge in [-0.2, -0.15) is 0 Å². The zero-order chi connectivity index (χ0) is 21.5. The summed E-state index contributed by atoms with van der Waals surface area (Å²) in [5.41, 5.74) is 1.36. The molecule has 1 aromatic heterocycles. The molecule has 9 heteroatoms. The number of hydrogen-bond donors (Lipinski definition) is 1. The first-order valence-corrected chi connectivity index (χ1v) is 11.6. The lowest BCUT2D eigenvalue weighted by Gasteiger charge is -2.28. The highest BCUT2D eigenvalue weighted by molar-refractivity contribution is 8.14. The molecule has 3 heterocycles. The molecule has 0 spiro atoms. The first-order valence-electron chi connectivity index (χ1n) is 10.7. The largest absolute Gasteiger partial charge is 0.493 e. The van der Waals surface area contributed by atoms with Gasteiger partial charge >= 0.3 is 0 Å². The van der Waals surface area contributed by atoms with Gasteiger partial charge < -0.3 is 18.9 Å². The Bertz CT molecular complexity index is 1080. The van der Waals surface area contributed by atoms with Crippen LogP contribution < -0.4 is 24.5 Å². The van der Waals surface area contributed by atoms with Gasteiger partial charge in [-0.3, -0.25) is 14.6 Å². The Balaban J connectivity index is 1.67. The summed E-state index contributed by atoms with van der Waals surface area (Å²) < 4.78 is 25.1. The fraction of sp³-hybridized carbons (Fsp3) is 0.545. The Kier molecular flexibility index (Phi) is 5.37. The van der Waals surface area contributed by atoms with Gasteiger partial charge in [-0.15, -0.1) is 0 Å². The van der Waals surface area contributed by atoms with Crippen molar-refractivity contribution in [1.82, 2.24) is 9.78 Å². The average Bonchev–Trinajstić information content (AvgIpc) is 3.14. The second-order valence-electron chi connectivity index (χ2n) is 8.03. The maximum atomic E-state index is 13.2. The minimum atomic E-state index is -0.291. The van der Waals surface area contributed by atoms with Crippen LogP contribution in [0.2, 0.25) is 0 Å². The summed E-state index contributed by atoms with van der Waals surface area (Å²) in [5.74, 6) is 2.92. The van der Waals surface area contributed by atoms with Crippen molar-refractivity contribution < 1.29 is 18.9 Å². The van der Waals surface area contributed by atoms with Crippen molar-refractivity contribution in [2.75, 3.05) is 27.4 Å². The highest BCUT2D eigenvalue weighted by atomic mass is 32.2.